The van der Waals surface area contributed by atoms with Crippen molar-refractivity contribution in [1.82, 2.24) is 20.6 Å². The molecule has 2 fully saturated rings. The van der Waals surface area contributed by atoms with Crippen molar-refractivity contribution in [3.05, 3.63) is 72.1 Å². The van der Waals surface area contributed by atoms with Gasteiger partial charge in [0.15, 0.2) is 0 Å². The molecule has 6 nitrogen and oxygen atoms in total. The average Bonchev–Trinajstić information content (AvgIpc) is 2.91. The first-order valence-electron chi connectivity index (χ1n) is 12.9. The number of anilines is 2. The first kappa shape index (κ1) is 24.6. The minimum absolute atomic E-state index is 0.176. The molecule has 0 radical (unpaired) electrons. The van der Waals surface area contributed by atoms with Crippen molar-refractivity contribution in [2.24, 2.45) is 11.8 Å². The Hall–Kier alpha value is -3.10. The highest BCUT2D eigenvalue weighted by Crippen LogP contribution is 2.37. The van der Waals surface area contributed by atoms with E-state index in [4.69, 9.17) is 5.73 Å². The quantitative estimate of drug-likeness (QED) is 0.449. The zero-order chi connectivity index (χ0) is 24.9. The summed E-state index contributed by atoms with van der Waals surface area (Å²) >= 11 is 0. The average molecular weight is 493 g/mol. The van der Waals surface area contributed by atoms with E-state index in [0.29, 0.717) is 17.7 Å². The van der Waals surface area contributed by atoms with E-state index in [1.54, 1.807) is 24.3 Å². The van der Waals surface area contributed by atoms with Crippen molar-refractivity contribution in [2.45, 2.75) is 31.7 Å². The molecule has 2 aliphatic rings. The molecule has 3 heterocycles. The number of nitrogens with one attached hydrogen (secondary N) is 2. The summed E-state index contributed by atoms with van der Waals surface area (Å²) in [6.07, 6.45) is 5.79. The monoisotopic (exact) mass is 492 g/mol. The van der Waals surface area contributed by atoms with E-state index in [0.717, 1.165) is 68.1 Å². The Morgan fingerprint density at radius 2 is 1.56 bits per heavy atom. The number of aromatic nitrogens is 2. The van der Waals surface area contributed by atoms with Gasteiger partial charge in [-0.05, 0) is 92.5 Å². The number of halogens is 2. The van der Waals surface area contributed by atoms with E-state index in [9.17, 15) is 8.78 Å². The van der Waals surface area contributed by atoms with Crippen LogP contribution in [-0.2, 0) is 0 Å². The zero-order valence-corrected chi connectivity index (χ0v) is 20.5. The molecule has 0 aliphatic carbocycles. The summed E-state index contributed by atoms with van der Waals surface area (Å²) in [4.78, 5) is 11.0. The van der Waals surface area contributed by atoms with Crippen LogP contribution in [0.4, 0.5) is 20.4 Å². The summed E-state index contributed by atoms with van der Waals surface area (Å²) < 4.78 is 27.2. The highest BCUT2D eigenvalue weighted by molar-refractivity contribution is 5.84. The third-order valence-electron chi connectivity index (χ3n) is 7.61. The number of nitrogen functional groups attached to an aromatic ring is 1. The molecule has 8 heteroatoms. The highest BCUT2D eigenvalue weighted by atomic mass is 19.1. The molecule has 2 saturated heterocycles. The molecule has 0 amide bonds. The van der Waals surface area contributed by atoms with Crippen molar-refractivity contribution in [1.29, 1.82) is 0 Å². The molecule has 2 aromatic carbocycles. The van der Waals surface area contributed by atoms with Gasteiger partial charge in [0.1, 0.15) is 29.6 Å². The second-order valence-corrected chi connectivity index (χ2v) is 9.92. The SMILES string of the molecule is Nc1ncnc(N2CCC(C(NCC3CCNCC3)c3ccc(F)cc3)CC2)c1-c1ccc(F)cc1. The van der Waals surface area contributed by atoms with Crippen molar-refractivity contribution in [3.63, 3.8) is 0 Å². The second kappa shape index (κ2) is 11.3. The van der Waals surface area contributed by atoms with Gasteiger partial charge in [0, 0.05) is 19.1 Å². The van der Waals surface area contributed by atoms with Crippen LogP contribution < -0.4 is 21.3 Å². The number of piperidine rings is 2. The molecule has 0 saturated carbocycles. The third-order valence-corrected chi connectivity index (χ3v) is 7.61. The lowest BCUT2D eigenvalue weighted by Crippen LogP contribution is -2.41. The van der Waals surface area contributed by atoms with Crippen LogP contribution in [0.2, 0.25) is 0 Å². The predicted octanol–water partition coefficient (Wildman–Crippen LogP) is 4.55. The zero-order valence-electron chi connectivity index (χ0n) is 20.5. The Morgan fingerprint density at radius 3 is 2.22 bits per heavy atom. The van der Waals surface area contributed by atoms with Gasteiger partial charge in [-0.2, -0.15) is 0 Å². The molecular formula is C28H34F2N6. The summed E-state index contributed by atoms with van der Waals surface area (Å²) in [5, 5.41) is 7.29. The van der Waals surface area contributed by atoms with Crippen LogP contribution in [0.15, 0.2) is 54.9 Å². The van der Waals surface area contributed by atoms with Crippen molar-refractivity contribution in [2.75, 3.05) is 43.4 Å². The fourth-order valence-electron chi connectivity index (χ4n) is 5.57. The van der Waals surface area contributed by atoms with Gasteiger partial charge in [0.2, 0.25) is 0 Å². The maximum atomic E-state index is 13.7. The maximum Gasteiger partial charge on any atom is 0.142 e. The Bertz CT molecular complexity index is 1120. The maximum absolute atomic E-state index is 13.7. The lowest BCUT2D eigenvalue weighted by Gasteiger charge is -2.38. The number of benzene rings is 2. The van der Waals surface area contributed by atoms with E-state index in [-0.39, 0.29) is 17.7 Å². The number of hydrogen-bond donors (Lipinski definition) is 3. The van der Waals surface area contributed by atoms with E-state index < -0.39 is 0 Å². The molecule has 36 heavy (non-hydrogen) atoms. The molecule has 3 aromatic rings. The highest BCUT2D eigenvalue weighted by Gasteiger charge is 2.30. The van der Waals surface area contributed by atoms with Crippen molar-refractivity contribution >= 4 is 11.6 Å². The van der Waals surface area contributed by atoms with Gasteiger partial charge in [0.05, 0.1) is 5.56 Å². The molecule has 190 valence electrons. The van der Waals surface area contributed by atoms with Crippen LogP contribution in [0.5, 0.6) is 0 Å². The fraction of sp³-hybridized carbons (Fsp3) is 0.429. The molecule has 1 atom stereocenters. The third kappa shape index (κ3) is 5.65. The second-order valence-electron chi connectivity index (χ2n) is 9.92. The Kier molecular flexibility index (Phi) is 7.72. The van der Waals surface area contributed by atoms with Crippen LogP contribution in [-0.4, -0.2) is 42.7 Å². The van der Waals surface area contributed by atoms with Crippen LogP contribution in [0.3, 0.4) is 0 Å². The molecule has 0 spiro atoms. The first-order chi connectivity index (χ1) is 17.6. The van der Waals surface area contributed by atoms with E-state index >= 15 is 0 Å². The molecule has 2 aliphatic heterocycles. The van der Waals surface area contributed by atoms with E-state index in [2.05, 4.69) is 25.5 Å². The van der Waals surface area contributed by atoms with E-state index in [1.807, 2.05) is 12.1 Å². The Morgan fingerprint density at radius 1 is 0.917 bits per heavy atom. The van der Waals surface area contributed by atoms with Crippen molar-refractivity contribution < 1.29 is 8.78 Å². The van der Waals surface area contributed by atoms with Gasteiger partial charge in [-0.25, -0.2) is 18.7 Å². The first-order valence-corrected chi connectivity index (χ1v) is 12.9. The van der Waals surface area contributed by atoms with Crippen LogP contribution in [0.1, 0.15) is 37.3 Å². The molecule has 1 unspecified atom stereocenters. The van der Waals surface area contributed by atoms with Crippen molar-refractivity contribution in [3.8, 4) is 11.1 Å². The summed E-state index contributed by atoms with van der Waals surface area (Å²) in [6.45, 7) is 4.76. The van der Waals surface area contributed by atoms with E-state index in [1.165, 1.54) is 31.3 Å². The topological polar surface area (TPSA) is 79.1 Å². The van der Waals surface area contributed by atoms with Gasteiger partial charge < -0.3 is 21.3 Å². The lowest BCUT2D eigenvalue weighted by atomic mass is 9.84. The van der Waals surface area contributed by atoms with Crippen LogP contribution in [0, 0.1) is 23.5 Å². The number of rotatable bonds is 7. The number of nitrogens with two attached hydrogens (primary N) is 1. The van der Waals surface area contributed by atoms with Gasteiger partial charge in [-0.15, -0.1) is 0 Å². The normalized spacial score (nSPS) is 18.3. The largest absolute Gasteiger partial charge is 0.383 e. The molecule has 0 bridgehead atoms. The summed E-state index contributed by atoms with van der Waals surface area (Å²) in [7, 11) is 0. The fourth-order valence-corrected chi connectivity index (χ4v) is 5.57. The molecule has 4 N–H and O–H groups in total. The Balaban J connectivity index is 1.32. The van der Waals surface area contributed by atoms with Gasteiger partial charge in [-0.1, -0.05) is 24.3 Å². The predicted molar refractivity (Wildman–Crippen MR) is 140 cm³/mol. The van der Waals surface area contributed by atoms with Gasteiger partial charge in [-0.3, -0.25) is 0 Å². The standard InChI is InChI=1S/C28H34F2N6/c29-23-5-1-20(2-6-23)25-27(31)34-18-35-28(25)36-15-11-22(12-16-36)26(21-3-7-24(30)8-4-21)33-17-19-9-13-32-14-10-19/h1-8,18-19,22,26,32-33H,9-17H2,(H2,31,34,35). The summed E-state index contributed by atoms with van der Waals surface area (Å²) in [5.41, 5.74) is 8.95. The van der Waals surface area contributed by atoms with Gasteiger partial charge in [0.25, 0.3) is 0 Å². The lowest BCUT2D eigenvalue weighted by molar-refractivity contribution is 0.269. The molecular weight excluding hydrogens is 458 g/mol. The number of nitrogens with zero attached hydrogens (tertiary/aromatic N) is 3. The minimum atomic E-state index is -0.291. The Labute approximate surface area is 211 Å². The van der Waals surface area contributed by atoms with Gasteiger partial charge >= 0.3 is 0 Å². The molecule has 5 rings (SSSR count). The minimum Gasteiger partial charge on any atom is -0.383 e. The van der Waals surface area contributed by atoms with Crippen LogP contribution >= 0.6 is 0 Å². The number of hydrogen-bond acceptors (Lipinski definition) is 6. The molecule has 1 aromatic heterocycles. The smallest absolute Gasteiger partial charge is 0.142 e. The van der Waals surface area contributed by atoms with Crippen LogP contribution in [0.25, 0.3) is 11.1 Å². The summed E-state index contributed by atoms with van der Waals surface area (Å²) in [6, 6.07) is 13.4. The summed E-state index contributed by atoms with van der Waals surface area (Å²) in [5.74, 6) is 1.76.